The predicted molar refractivity (Wildman–Crippen MR) is 274 cm³/mol. The van der Waals surface area contributed by atoms with Crippen LogP contribution in [0.4, 0.5) is 10.7 Å². The van der Waals surface area contributed by atoms with E-state index in [1.165, 1.54) is 10.8 Å². The van der Waals surface area contributed by atoms with Crippen LogP contribution in [0.1, 0.15) is 96.4 Å². The van der Waals surface area contributed by atoms with E-state index in [-0.39, 0.29) is 41.3 Å². The number of carbonyl (C=O) groups is 1. The molecule has 1 unspecified atom stereocenters. The van der Waals surface area contributed by atoms with Gasteiger partial charge in [0.15, 0.2) is 11.9 Å². The number of ether oxygens (including phenoxy) is 4. The van der Waals surface area contributed by atoms with Crippen molar-refractivity contribution in [1.29, 1.82) is 0 Å². The lowest BCUT2D eigenvalue weighted by molar-refractivity contribution is -0.197. The number of fused-ring (bicyclic) bond motifs is 2. The Balaban J connectivity index is 1.06. The third kappa shape index (κ3) is 9.85. The van der Waals surface area contributed by atoms with E-state index in [2.05, 4.69) is 41.8 Å². The number of pyridine rings is 1. The molecule has 10 rings (SSSR count). The fraction of sp³-hybridized carbons (Fsp3) is 0.491. The van der Waals surface area contributed by atoms with Crippen molar-refractivity contribution in [1.82, 2.24) is 28.3 Å². The van der Waals surface area contributed by atoms with Gasteiger partial charge in [-0.05, 0) is 128 Å². The van der Waals surface area contributed by atoms with Crippen molar-refractivity contribution in [3.05, 3.63) is 118 Å². The smallest absolute Gasteiger partial charge is 0.410 e. The number of amides is 1. The van der Waals surface area contributed by atoms with Crippen molar-refractivity contribution in [3.8, 4) is 11.1 Å². The second kappa shape index (κ2) is 19.4. The van der Waals surface area contributed by atoms with Gasteiger partial charge in [-0.3, -0.25) is 9.69 Å². The van der Waals surface area contributed by atoms with Gasteiger partial charge in [0.05, 0.1) is 28.8 Å². The van der Waals surface area contributed by atoms with Gasteiger partial charge in [-0.1, -0.05) is 54.1 Å². The fourth-order valence-electron chi connectivity index (χ4n) is 10.6. The molecule has 3 saturated heterocycles. The quantitative estimate of drug-likeness (QED) is 0.115. The Morgan fingerprint density at radius 1 is 0.859 bits per heavy atom. The number of aromatic nitrogens is 4. The van der Waals surface area contributed by atoms with Gasteiger partial charge in [0.25, 0.3) is 15.6 Å². The molecule has 3 aliphatic heterocycles. The molecule has 4 aliphatic rings. The summed E-state index contributed by atoms with van der Waals surface area (Å²) in [6, 6.07) is 25.0. The molecule has 4 fully saturated rings. The summed E-state index contributed by atoms with van der Waals surface area (Å²) in [5, 5.41) is 1.25. The van der Waals surface area contributed by atoms with Crippen LogP contribution in [0.2, 0.25) is 0 Å². The number of carbonyl (C=O) groups excluding carboxylic acids is 1. The standard InChI is InChI=1S/C55H67N7O8S/c1-36-16-21-43(22-17-36)71(65,66)62-29-26-44-46(34-58(7)51(63)49(44)62)39-18-23-47-45(31-39)50(55(69-42-19-20-42,40-13-9-8-10-14-40)35-68-48-15-11-12-30-67-48)57-52(56-47)59-27-24-41(25-28-59)60-32-38(3)61(33-37(60)2)53(64)70-54(4,5)6/h8-10,13-14,16-18,21-23,26,29,31,34,37-38,41-42,48H,11-12,15,19-20,24-25,27-28,30,32-33,35H2,1-7H3/t37-,38+,48?,55-/m0/s1. The first-order valence-electron chi connectivity index (χ1n) is 25.3. The summed E-state index contributed by atoms with van der Waals surface area (Å²) < 4.78 is 56.9. The van der Waals surface area contributed by atoms with Gasteiger partial charge >= 0.3 is 6.09 Å². The fourth-order valence-corrected chi connectivity index (χ4v) is 12.0. The minimum atomic E-state index is -4.12. The van der Waals surface area contributed by atoms with E-state index < -0.39 is 33.1 Å². The molecule has 4 atom stereocenters. The van der Waals surface area contributed by atoms with Crippen molar-refractivity contribution in [2.24, 2.45) is 7.05 Å². The molecule has 1 aliphatic carbocycles. The lowest BCUT2D eigenvalue weighted by atomic mass is 9.87. The maximum absolute atomic E-state index is 14.2. The van der Waals surface area contributed by atoms with Gasteiger partial charge in [0.1, 0.15) is 11.1 Å². The molecule has 0 bridgehead atoms. The highest BCUT2D eigenvalue weighted by Gasteiger charge is 2.46. The van der Waals surface area contributed by atoms with Gasteiger partial charge in [-0.15, -0.1) is 0 Å². The van der Waals surface area contributed by atoms with Crippen molar-refractivity contribution < 1.29 is 32.2 Å². The molecule has 376 valence electrons. The van der Waals surface area contributed by atoms with Crippen LogP contribution in [-0.2, 0) is 41.6 Å². The molecule has 6 heterocycles. The van der Waals surface area contributed by atoms with Crippen LogP contribution in [0.3, 0.4) is 0 Å². The molecule has 3 aromatic heterocycles. The average molecular weight is 986 g/mol. The Bertz CT molecular complexity index is 3080. The van der Waals surface area contributed by atoms with Crippen LogP contribution in [0, 0.1) is 6.92 Å². The number of piperazine rings is 1. The van der Waals surface area contributed by atoms with Crippen LogP contribution >= 0.6 is 0 Å². The number of rotatable bonds is 12. The van der Waals surface area contributed by atoms with E-state index in [1.807, 2.05) is 62.9 Å². The van der Waals surface area contributed by atoms with E-state index >= 15 is 0 Å². The van der Waals surface area contributed by atoms with Crippen LogP contribution in [0.15, 0.2) is 101 Å². The third-order valence-electron chi connectivity index (χ3n) is 14.6. The highest BCUT2D eigenvalue weighted by molar-refractivity contribution is 7.90. The van der Waals surface area contributed by atoms with Crippen LogP contribution < -0.4 is 10.5 Å². The molecule has 15 nitrogen and oxygen atoms in total. The largest absolute Gasteiger partial charge is 0.444 e. The Labute approximate surface area is 416 Å². The van der Waals surface area contributed by atoms with Gasteiger partial charge in [0, 0.05) is 86.7 Å². The third-order valence-corrected chi connectivity index (χ3v) is 16.3. The van der Waals surface area contributed by atoms with Crippen molar-refractivity contribution in [2.75, 3.05) is 44.3 Å². The van der Waals surface area contributed by atoms with Crippen molar-refractivity contribution in [2.45, 2.75) is 133 Å². The maximum atomic E-state index is 14.2. The number of anilines is 1. The Hall–Kier alpha value is -5.65. The number of hydrogen-bond acceptors (Lipinski definition) is 12. The molecular formula is C55H67N7O8S. The SMILES string of the molecule is Cc1ccc(S(=O)(=O)n2ccc3c(-c4ccc5nc(N6CCC(N7C[C@@H](C)N(C(=O)OC(C)(C)C)C[C@@H]7C)CC6)nc([C@@](COC6CCCCO6)(OC6CC6)c6ccccc6)c5c4)cn(C)c(=O)c32)cc1. The maximum Gasteiger partial charge on any atom is 0.410 e. The first kappa shape index (κ1) is 49.0. The van der Waals surface area contributed by atoms with Crippen molar-refractivity contribution in [3.63, 3.8) is 0 Å². The summed E-state index contributed by atoms with van der Waals surface area (Å²) >= 11 is 0. The topological polar surface area (TPSA) is 151 Å². The Morgan fingerprint density at radius 3 is 2.30 bits per heavy atom. The molecule has 0 spiro atoms. The second-order valence-electron chi connectivity index (χ2n) is 21.1. The zero-order chi connectivity index (χ0) is 49.8. The molecule has 1 amide bonds. The van der Waals surface area contributed by atoms with Gasteiger partial charge < -0.3 is 33.3 Å². The molecular weight excluding hydrogens is 919 g/mol. The highest BCUT2D eigenvalue weighted by Crippen LogP contribution is 2.45. The Morgan fingerprint density at radius 2 is 1.61 bits per heavy atom. The van der Waals surface area contributed by atoms with Gasteiger partial charge in [-0.2, -0.15) is 0 Å². The number of benzene rings is 3. The first-order valence-corrected chi connectivity index (χ1v) is 26.8. The number of aryl methyl sites for hydroxylation is 2. The molecule has 3 aromatic carbocycles. The lowest BCUT2D eigenvalue weighted by Crippen LogP contribution is -2.62. The summed E-state index contributed by atoms with van der Waals surface area (Å²) in [5.41, 5.74) is 2.52. The van der Waals surface area contributed by atoms with E-state index in [1.54, 1.807) is 43.6 Å². The highest BCUT2D eigenvalue weighted by atomic mass is 32.2. The molecule has 0 radical (unpaired) electrons. The van der Waals surface area contributed by atoms with E-state index in [0.717, 1.165) is 90.6 Å². The summed E-state index contributed by atoms with van der Waals surface area (Å²) in [7, 11) is -2.47. The monoisotopic (exact) mass is 985 g/mol. The zero-order valence-corrected chi connectivity index (χ0v) is 42.9. The summed E-state index contributed by atoms with van der Waals surface area (Å²) in [4.78, 5) is 44.9. The van der Waals surface area contributed by atoms with Gasteiger partial charge in [-0.25, -0.2) is 27.2 Å². The van der Waals surface area contributed by atoms with Crippen LogP contribution in [0.5, 0.6) is 0 Å². The summed E-state index contributed by atoms with van der Waals surface area (Å²) in [6.07, 6.45) is 8.93. The number of hydrogen-bond donors (Lipinski definition) is 0. The van der Waals surface area contributed by atoms with Crippen LogP contribution in [0.25, 0.3) is 32.9 Å². The van der Waals surface area contributed by atoms with Crippen LogP contribution in [-0.4, -0.2) is 118 Å². The zero-order valence-electron chi connectivity index (χ0n) is 42.0. The van der Waals surface area contributed by atoms with E-state index in [9.17, 15) is 18.0 Å². The van der Waals surface area contributed by atoms with Gasteiger partial charge in [0.2, 0.25) is 5.95 Å². The number of nitrogens with zero attached hydrogens (tertiary/aromatic N) is 7. The summed E-state index contributed by atoms with van der Waals surface area (Å²) in [6.45, 7) is 15.5. The molecule has 6 aromatic rings. The summed E-state index contributed by atoms with van der Waals surface area (Å²) in [5.74, 6) is 0.603. The molecule has 0 N–H and O–H groups in total. The lowest BCUT2D eigenvalue weighted by Gasteiger charge is -2.49. The average Bonchev–Trinajstić information content (AvgIpc) is 4.06. The molecule has 16 heteroatoms. The first-order chi connectivity index (χ1) is 34.0. The normalized spacial score (nSPS) is 21.7. The Kier molecular flexibility index (Phi) is 13.4. The second-order valence-corrected chi connectivity index (χ2v) is 22.9. The minimum absolute atomic E-state index is 0.0117. The minimum Gasteiger partial charge on any atom is -0.444 e. The van der Waals surface area contributed by atoms with Crippen molar-refractivity contribution >= 4 is 43.9 Å². The molecule has 71 heavy (non-hydrogen) atoms. The number of piperidine rings is 1. The molecule has 1 saturated carbocycles. The predicted octanol–water partition coefficient (Wildman–Crippen LogP) is 8.76. The van der Waals surface area contributed by atoms with E-state index in [0.29, 0.717) is 47.3 Å². The van der Waals surface area contributed by atoms with E-state index in [4.69, 9.17) is 28.9 Å².